The van der Waals surface area contributed by atoms with E-state index in [4.69, 9.17) is 5.11 Å². The van der Waals surface area contributed by atoms with E-state index in [0.717, 1.165) is 6.42 Å². The van der Waals surface area contributed by atoms with Crippen molar-refractivity contribution in [1.29, 1.82) is 0 Å². The van der Waals surface area contributed by atoms with E-state index in [0.29, 0.717) is 11.3 Å². The molecule has 1 unspecified atom stereocenters. The van der Waals surface area contributed by atoms with Crippen molar-refractivity contribution in [3.05, 3.63) is 52.6 Å². The van der Waals surface area contributed by atoms with Crippen LogP contribution in [0.25, 0.3) is 6.08 Å². The molecular weight excluding hydrogens is 268 g/mol. The predicted molar refractivity (Wildman–Crippen MR) is 95.9 cm³/mol. The number of hydrogen-bond donors (Lipinski definition) is 1. The molecule has 1 aliphatic carbocycles. The Hall–Kier alpha value is -1.34. The lowest BCUT2D eigenvalue weighted by Gasteiger charge is -2.32. The summed E-state index contributed by atoms with van der Waals surface area (Å²) in [4.78, 5) is 0. The second-order valence-corrected chi connectivity index (χ2v) is 7.35. The van der Waals surface area contributed by atoms with Crippen molar-refractivity contribution in [2.75, 3.05) is 6.61 Å². The van der Waals surface area contributed by atoms with Gasteiger partial charge in [-0.25, -0.2) is 0 Å². The quantitative estimate of drug-likeness (QED) is 0.738. The highest BCUT2D eigenvalue weighted by Crippen LogP contribution is 2.41. The molecule has 22 heavy (non-hydrogen) atoms. The fraction of sp³-hybridized carbons (Fsp3) is 0.524. The zero-order valence-electron chi connectivity index (χ0n) is 14.5. The van der Waals surface area contributed by atoms with Crippen LogP contribution in [-0.4, -0.2) is 11.7 Å². The normalized spacial score (nSPS) is 19.7. The Balaban J connectivity index is 2.21. The van der Waals surface area contributed by atoms with Crippen LogP contribution in [0.5, 0.6) is 0 Å². The molecule has 0 spiro atoms. The van der Waals surface area contributed by atoms with Crippen molar-refractivity contribution in [2.45, 2.75) is 59.3 Å². The fourth-order valence-corrected chi connectivity index (χ4v) is 3.52. The molecule has 0 heterocycles. The predicted octanol–water partition coefficient (Wildman–Crippen LogP) is 5.71. The molecule has 0 fully saturated rings. The number of benzene rings is 1. The van der Waals surface area contributed by atoms with Gasteiger partial charge >= 0.3 is 0 Å². The van der Waals surface area contributed by atoms with E-state index in [-0.39, 0.29) is 6.61 Å². The average Bonchev–Trinajstić information content (AvgIpc) is 2.46. The minimum Gasteiger partial charge on any atom is -0.396 e. The van der Waals surface area contributed by atoms with Gasteiger partial charge in [0.25, 0.3) is 0 Å². The summed E-state index contributed by atoms with van der Waals surface area (Å²) in [5, 5.41) is 9.11. The first-order valence-corrected chi connectivity index (χ1v) is 8.53. The second-order valence-electron chi connectivity index (χ2n) is 7.35. The van der Waals surface area contributed by atoms with E-state index in [1.807, 2.05) is 0 Å². The fourth-order valence-electron chi connectivity index (χ4n) is 3.52. The first-order chi connectivity index (χ1) is 10.4. The number of aliphatic hydroxyl groups is 1. The smallest absolute Gasteiger partial charge is 0.0436 e. The molecule has 1 aliphatic rings. The lowest BCUT2D eigenvalue weighted by atomic mass is 9.72. The number of allylic oxidation sites excluding steroid dienone is 3. The maximum absolute atomic E-state index is 9.11. The van der Waals surface area contributed by atoms with Crippen molar-refractivity contribution in [2.24, 2.45) is 5.41 Å². The van der Waals surface area contributed by atoms with Gasteiger partial charge in [-0.2, -0.15) is 0 Å². The van der Waals surface area contributed by atoms with E-state index < -0.39 is 0 Å². The van der Waals surface area contributed by atoms with Crippen LogP contribution in [0.1, 0.15) is 70.4 Å². The largest absolute Gasteiger partial charge is 0.396 e. The van der Waals surface area contributed by atoms with Crippen LogP contribution < -0.4 is 0 Å². The molecule has 1 aromatic rings. The molecule has 1 aromatic carbocycles. The molecule has 0 aliphatic heterocycles. The SMILES string of the molecule is CC1=C(/C=C/c2cccc(C(C)CCO)c2)C(C)(C)CCC1. The number of rotatable bonds is 5. The van der Waals surface area contributed by atoms with Gasteiger partial charge in [0, 0.05) is 6.61 Å². The zero-order valence-corrected chi connectivity index (χ0v) is 14.5. The molecule has 120 valence electrons. The van der Waals surface area contributed by atoms with Crippen LogP contribution in [0, 0.1) is 5.41 Å². The standard InChI is InChI=1S/C21H30O/c1-16(12-14-22)19-9-5-8-18(15-19)10-11-20-17(2)7-6-13-21(20,3)4/h5,8-11,15-16,22H,6-7,12-14H2,1-4H3/b11-10+. The Labute approximate surface area is 135 Å². The first-order valence-electron chi connectivity index (χ1n) is 8.53. The Kier molecular flexibility index (Phi) is 5.63. The summed E-state index contributed by atoms with van der Waals surface area (Å²) in [6, 6.07) is 8.70. The minimum atomic E-state index is 0.251. The van der Waals surface area contributed by atoms with Crippen molar-refractivity contribution in [3.8, 4) is 0 Å². The summed E-state index contributed by atoms with van der Waals surface area (Å²) in [6.45, 7) is 9.42. The molecule has 1 heteroatoms. The van der Waals surface area contributed by atoms with E-state index in [1.165, 1.54) is 41.5 Å². The van der Waals surface area contributed by atoms with Crippen LogP contribution in [0.15, 0.2) is 41.5 Å². The third kappa shape index (κ3) is 4.10. The summed E-state index contributed by atoms with van der Waals surface area (Å²) < 4.78 is 0. The van der Waals surface area contributed by atoms with Crippen molar-refractivity contribution < 1.29 is 5.11 Å². The first kappa shape index (κ1) is 17.0. The molecular formula is C21H30O. The summed E-state index contributed by atoms with van der Waals surface area (Å²) in [5.74, 6) is 0.408. The highest BCUT2D eigenvalue weighted by molar-refractivity contribution is 5.55. The summed E-state index contributed by atoms with van der Waals surface area (Å²) in [6.07, 6.45) is 9.22. The lowest BCUT2D eigenvalue weighted by Crippen LogP contribution is -2.18. The summed E-state index contributed by atoms with van der Waals surface area (Å²) in [5.41, 5.74) is 5.90. The highest BCUT2D eigenvalue weighted by atomic mass is 16.3. The van der Waals surface area contributed by atoms with Crippen LogP contribution in [0.4, 0.5) is 0 Å². The number of aliphatic hydroxyl groups excluding tert-OH is 1. The lowest BCUT2D eigenvalue weighted by molar-refractivity contribution is 0.278. The van der Waals surface area contributed by atoms with Gasteiger partial charge in [0.1, 0.15) is 0 Å². The average molecular weight is 298 g/mol. The third-order valence-corrected chi connectivity index (χ3v) is 5.03. The molecule has 0 saturated carbocycles. The molecule has 1 atom stereocenters. The monoisotopic (exact) mass is 298 g/mol. The van der Waals surface area contributed by atoms with Crippen molar-refractivity contribution >= 4 is 6.08 Å². The molecule has 0 amide bonds. The van der Waals surface area contributed by atoms with Gasteiger partial charge in [0.2, 0.25) is 0 Å². The summed E-state index contributed by atoms with van der Waals surface area (Å²) >= 11 is 0. The molecule has 1 N–H and O–H groups in total. The van der Waals surface area contributed by atoms with Crippen LogP contribution >= 0.6 is 0 Å². The summed E-state index contributed by atoms with van der Waals surface area (Å²) in [7, 11) is 0. The van der Waals surface area contributed by atoms with Gasteiger partial charge in [-0.05, 0) is 60.6 Å². The Bertz CT molecular complexity index is 563. The van der Waals surface area contributed by atoms with Gasteiger partial charge in [-0.1, -0.05) is 62.8 Å². The molecule has 1 nitrogen and oxygen atoms in total. The van der Waals surface area contributed by atoms with Gasteiger partial charge in [0.05, 0.1) is 0 Å². The van der Waals surface area contributed by atoms with Crippen molar-refractivity contribution in [3.63, 3.8) is 0 Å². The van der Waals surface area contributed by atoms with Crippen LogP contribution in [-0.2, 0) is 0 Å². The topological polar surface area (TPSA) is 20.2 Å². The molecule has 0 aromatic heterocycles. The molecule has 0 saturated heterocycles. The Morgan fingerprint density at radius 3 is 2.73 bits per heavy atom. The Morgan fingerprint density at radius 1 is 1.27 bits per heavy atom. The van der Waals surface area contributed by atoms with E-state index >= 15 is 0 Å². The molecule has 2 rings (SSSR count). The van der Waals surface area contributed by atoms with Crippen LogP contribution in [0.3, 0.4) is 0 Å². The van der Waals surface area contributed by atoms with E-state index in [1.54, 1.807) is 0 Å². The van der Waals surface area contributed by atoms with Crippen LogP contribution in [0.2, 0.25) is 0 Å². The van der Waals surface area contributed by atoms with Gasteiger partial charge in [-0.3, -0.25) is 0 Å². The highest BCUT2D eigenvalue weighted by Gasteiger charge is 2.26. The second kappa shape index (κ2) is 7.28. The zero-order chi connectivity index (χ0) is 16.2. The van der Waals surface area contributed by atoms with Gasteiger partial charge < -0.3 is 5.11 Å². The van der Waals surface area contributed by atoms with Gasteiger partial charge in [0.15, 0.2) is 0 Å². The maximum atomic E-state index is 9.11. The molecule has 0 bridgehead atoms. The van der Waals surface area contributed by atoms with E-state index in [9.17, 15) is 0 Å². The maximum Gasteiger partial charge on any atom is 0.0436 e. The van der Waals surface area contributed by atoms with Gasteiger partial charge in [-0.15, -0.1) is 0 Å². The number of hydrogen-bond acceptors (Lipinski definition) is 1. The Morgan fingerprint density at radius 2 is 2.05 bits per heavy atom. The van der Waals surface area contributed by atoms with Crippen molar-refractivity contribution in [1.82, 2.24) is 0 Å². The van der Waals surface area contributed by atoms with E-state index in [2.05, 4.69) is 64.1 Å². The minimum absolute atomic E-state index is 0.251. The molecule has 0 radical (unpaired) electrons. The third-order valence-electron chi connectivity index (χ3n) is 5.03.